The molecule has 55 heavy (non-hydrogen) atoms. The van der Waals surface area contributed by atoms with Gasteiger partial charge in [-0.2, -0.15) is 0 Å². The summed E-state index contributed by atoms with van der Waals surface area (Å²) >= 11 is 0. The first-order chi connectivity index (χ1) is 26.1. The molecule has 2 unspecified atom stereocenters. The van der Waals surface area contributed by atoms with E-state index in [0.717, 1.165) is 11.1 Å². The van der Waals surface area contributed by atoms with Gasteiger partial charge in [0, 0.05) is 61.1 Å². The molecule has 0 aliphatic carbocycles. The van der Waals surface area contributed by atoms with E-state index in [9.17, 15) is 68.7 Å². The molecule has 0 bridgehead atoms. The van der Waals surface area contributed by atoms with E-state index in [-0.39, 0.29) is 32.5 Å². The van der Waals surface area contributed by atoms with Crippen LogP contribution in [0, 0.1) is 11.8 Å². The first-order valence-electron chi connectivity index (χ1n) is 16.9. The number of amides is 4. The van der Waals surface area contributed by atoms with Crippen molar-refractivity contribution in [2.45, 2.75) is 83.0 Å². The van der Waals surface area contributed by atoms with Gasteiger partial charge in [0.1, 0.15) is 18.1 Å². The van der Waals surface area contributed by atoms with Crippen molar-refractivity contribution in [2.24, 2.45) is 11.8 Å². The van der Waals surface area contributed by atoms with Crippen LogP contribution >= 0.6 is 0 Å². The highest BCUT2D eigenvalue weighted by Crippen LogP contribution is 2.22. The fraction of sp³-hybridized carbons (Fsp3) is 0.457. The van der Waals surface area contributed by atoms with E-state index in [2.05, 4.69) is 16.0 Å². The third-order valence-electron chi connectivity index (χ3n) is 8.13. The van der Waals surface area contributed by atoms with Crippen LogP contribution in [0.3, 0.4) is 0 Å². The Balaban J connectivity index is 1.76. The predicted octanol–water partition coefficient (Wildman–Crippen LogP) is -6.16. The highest BCUT2D eigenvalue weighted by Gasteiger charge is 2.26. The summed E-state index contributed by atoms with van der Waals surface area (Å²) < 4.78 is 11.0. The van der Waals surface area contributed by atoms with Gasteiger partial charge in [0.05, 0.1) is 36.8 Å². The smallest absolute Gasteiger partial charge is 0.220 e. The Hall–Kier alpha value is -6.47. The van der Waals surface area contributed by atoms with Crippen LogP contribution in [0.15, 0.2) is 41.0 Å². The number of ether oxygens (including phenoxy) is 1. The van der Waals surface area contributed by atoms with Gasteiger partial charge in [-0.15, -0.1) is 0 Å². The number of aliphatic carboxylic acids is 5. The van der Waals surface area contributed by atoms with Crippen molar-refractivity contribution in [3.63, 3.8) is 0 Å². The molecule has 20 heteroatoms. The molecule has 0 aliphatic heterocycles. The van der Waals surface area contributed by atoms with E-state index >= 15 is 0 Å². The minimum atomic E-state index is -1.91. The molecule has 0 spiro atoms. The Bertz CT molecular complexity index is 1660. The fourth-order valence-electron chi connectivity index (χ4n) is 5.20. The summed E-state index contributed by atoms with van der Waals surface area (Å²) in [7, 11) is 0. The number of carbonyl (C=O) groups excluding carboxylic acids is 9. The molecule has 0 radical (unpaired) electrons. The highest BCUT2D eigenvalue weighted by atomic mass is 16.5. The molecule has 4 N–H and O–H groups in total. The highest BCUT2D eigenvalue weighted by molar-refractivity contribution is 5.86. The molecular weight excluding hydrogens is 732 g/mol. The summed E-state index contributed by atoms with van der Waals surface area (Å²) in [5.74, 6) is -14.1. The number of nitrogens with one attached hydrogen (secondary N) is 4. The van der Waals surface area contributed by atoms with Crippen molar-refractivity contribution >= 4 is 54.0 Å². The van der Waals surface area contributed by atoms with Crippen molar-refractivity contribution in [1.29, 1.82) is 0 Å². The van der Waals surface area contributed by atoms with Gasteiger partial charge in [-0.1, -0.05) is 12.1 Å². The van der Waals surface area contributed by atoms with E-state index in [4.69, 9.17) is 9.15 Å². The number of furan rings is 1. The van der Waals surface area contributed by atoms with E-state index in [1.54, 1.807) is 30.3 Å². The zero-order chi connectivity index (χ0) is 40.9. The Morgan fingerprint density at radius 2 is 1.20 bits per heavy atom. The van der Waals surface area contributed by atoms with Gasteiger partial charge in [0.2, 0.25) is 24.1 Å². The number of carboxylic acids is 5. The zero-order valence-corrected chi connectivity index (χ0v) is 29.4. The second-order valence-electron chi connectivity index (χ2n) is 12.2. The van der Waals surface area contributed by atoms with Gasteiger partial charge in [0.15, 0.2) is 0 Å². The molecule has 1 aromatic carbocycles. The molecule has 1 aromatic heterocycles. The minimum absolute atomic E-state index is 0.206. The molecule has 0 saturated heterocycles. The molecule has 0 aliphatic rings. The summed E-state index contributed by atoms with van der Waals surface area (Å²) in [5, 5.41) is 65.9. The zero-order valence-electron chi connectivity index (χ0n) is 29.4. The van der Waals surface area contributed by atoms with Crippen LogP contribution in [0.4, 0.5) is 0 Å². The molecule has 2 aromatic rings. The summed E-state index contributed by atoms with van der Waals surface area (Å²) in [4.78, 5) is 104. The maximum absolute atomic E-state index is 12.4. The van der Waals surface area contributed by atoms with Crippen molar-refractivity contribution in [3.05, 3.63) is 53.5 Å². The summed E-state index contributed by atoms with van der Waals surface area (Å²) in [6.07, 6.45) is -2.34. The van der Waals surface area contributed by atoms with E-state index < -0.39 is 110 Å². The fourth-order valence-corrected chi connectivity index (χ4v) is 5.20. The maximum Gasteiger partial charge on any atom is 0.220 e. The second-order valence-corrected chi connectivity index (χ2v) is 12.2. The third-order valence-corrected chi connectivity index (χ3v) is 8.13. The van der Waals surface area contributed by atoms with Crippen LogP contribution < -0.4 is 51.5 Å². The number of carbonyl (C=O) groups is 9. The van der Waals surface area contributed by atoms with Gasteiger partial charge in [0.25, 0.3) is 0 Å². The van der Waals surface area contributed by atoms with Crippen LogP contribution in [-0.4, -0.2) is 72.6 Å². The molecule has 4 atom stereocenters. The lowest BCUT2D eigenvalue weighted by Crippen LogP contribution is -2.50. The van der Waals surface area contributed by atoms with Crippen LogP contribution in [0.1, 0.15) is 68.3 Å². The van der Waals surface area contributed by atoms with Crippen molar-refractivity contribution in [3.8, 4) is 5.75 Å². The van der Waals surface area contributed by atoms with Crippen molar-refractivity contribution in [1.82, 2.24) is 21.3 Å². The lowest BCUT2D eigenvalue weighted by molar-refractivity contribution is -0.328. The van der Waals surface area contributed by atoms with Gasteiger partial charge in [-0.3, -0.25) is 19.2 Å². The van der Waals surface area contributed by atoms with Gasteiger partial charge in [-0.25, -0.2) is 0 Å². The molecule has 20 nitrogen and oxygen atoms in total. The molecular formula is C35H39N4O16-5. The number of benzene rings is 1. The number of carboxylic acid groups (broad SMARTS) is 5. The average molecular weight is 772 g/mol. The predicted molar refractivity (Wildman–Crippen MR) is 172 cm³/mol. The SMILES string of the molecule is O=CNCc1cc(COc2ccc(CCNC(=O)CC[C@H](NC(=O)CC[C@H](NC(=O)CCC(C(=O)[O-])C(CCC(=O)[O-])C(=O)[O-])C(=O)[O-])C(=O)[O-])cc2)co1. The molecule has 4 amide bonds. The Labute approximate surface area is 313 Å². The van der Waals surface area contributed by atoms with E-state index in [1.165, 1.54) is 6.26 Å². The van der Waals surface area contributed by atoms with Crippen molar-refractivity contribution in [2.75, 3.05) is 6.54 Å². The summed E-state index contributed by atoms with van der Waals surface area (Å²) in [5.41, 5.74) is 1.63. The van der Waals surface area contributed by atoms with Crippen LogP contribution in [0.2, 0.25) is 0 Å². The first-order valence-corrected chi connectivity index (χ1v) is 16.9. The van der Waals surface area contributed by atoms with Crippen LogP contribution in [0.5, 0.6) is 5.75 Å². The molecule has 2 rings (SSSR count). The lowest BCUT2D eigenvalue weighted by Gasteiger charge is -2.29. The van der Waals surface area contributed by atoms with E-state index in [1.807, 2.05) is 5.32 Å². The summed E-state index contributed by atoms with van der Waals surface area (Å²) in [6, 6.07) is 5.38. The molecule has 0 saturated carbocycles. The Morgan fingerprint density at radius 1 is 0.673 bits per heavy atom. The largest absolute Gasteiger partial charge is 0.550 e. The van der Waals surface area contributed by atoms with Crippen LogP contribution in [0.25, 0.3) is 0 Å². The number of rotatable bonds is 28. The van der Waals surface area contributed by atoms with Gasteiger partial charge < -0.3 is 79.9 Å². The van der Waals surface area contributed by atoms with Gasteiger partial charge >= 0.3 is 0 Å². The monoisotopic (exact) mass is 771 g/mol. The Kier molecular flexibility index (Phi) is 18.9. The molecule has 0 fully saturated rings. The minimum Gasteiger partial charge on any atom is -0.550 e. The molecule has 300 valence electrons. The summed E-state index contributed by atoms with van der Waals surface area (Å²) in [6.45, 7) is 0.698. The number of hydrogen-bond acceptors (Lipinski definition) is 16. The van der Waals surface area contributed by atoms with Crippen LogP contribution in [-0.2, 0) is 62.7 Å². The maximum atomic E-state index is 12.4. The standard InChI is InChI=1S/C35H44N4O16/c40-19-36-16-23-15-21(18-55-23)17-54-22-3-1-20(2-4-22)13-14-37-28(41)10-7-26(34(50)51)39-30(43)11-8-27(35(52)53)38-29(42)9-5-24(32(46)47)25(33(48)49)6-12-31(44)45/h1-4,15,18-19,24-27H,5-14,16-17H2,(H,36,40)(H,37,41)(H,38,42)(H,39,43)(H,44,45)(H,46,47)(H,48,49)(H,50,51)(H,52,53)/p-5/t24?,25?,26-,27-/m0/s1. The first kappa shape index (κ1) is 44.7. The quantitative estimate of drug-likeness (QED) is 0.0585. The van der Waals surface area contributed by atoms with E-state index in [0.29, 0.717) is 24.3 Å². The second kappa shape index (κ2) is 23.2. The number of hydrogen-bond donors (Lipinski definition) is 4. The lowest BCUT2D eigenvalue weighted by atomic mass is 9.85. The molecule has 1 heterocycles. The third kappa shape index (κ3) is 17.3. The van der Waals surface area contributed by atoms with Crippen molar-refractivity contribution < 1.29 is 77.8 Å². The average Bonchev–Trinajstić information content (AvgIpc) is 3.58. The normalized spacial score (nSPS) is 12.9. The Morgan fingerprint density at radius 3 is 1.71 bits per heavy atom. The topological polar surface area (TPSA) is 339 Å². The van der Waals surface area contributed by atoms with Gasteiger partial charge in [-0.05, 0) is 62.3 Å².